The molecule has 3 heterocycles. The third kappa shape index (κ3) is 1.53. The van der Waals surface area contributed by atoms with Crippen molar-refractivity contribution in [2.75, 3.05) is 0 Å². The highest BCUT2D eigenvalue weighted by molar-refractivity contribution is 7.79. The van der Waals surface area contributed by atoms with Crippen molar-refractivity contribution in [2.24, 2.45) is 0 Å². The van der Waals surface area contributed by atoms with Crippen LogP contribution in [0.15, 0.2) is 37.6 Å². The first-order chi connectivity index (χ1) is 7.95. The number of imidazole rings is 3. The van der Waals surface area contributed by atoms with Gasteiger partial charge in [-0.05, 0) is 0 Å². The van der Waals surface area contributed by atoms with Gasteiger partial charge in [-0.1, -0.05) is 0 Å². The predicted octanol–water partition coefficient (Wildman–Crippen LogP) is -0.386. The topological polar surface area (TPSA) is 86.0 Å². The third-order valence-electron chi connectivity index (χ3n) is 2.17. The minimum Gasteiger partial charge on any atom is -0.344 e. The van der Waals surface area contributed by atoms with Crippen LogP contribution in [0.4, 0.5) is 0 Å². The van der Waals surface area contributed by atoms with E-state index in [1.54, 1.807) is 19.0 Å². The van der Waals surface area contributed by atoms with Crippen LogP contribution in [0.25, 0.3) is 0 Å². The smallest absolute Gasteiger partial charge is 0.0924 e. The zero-order valence-corrected chi connectivity index (χ0v) is 9.15. The standard InChI is InChI=1S/C9H9N6P/c1-7(13-4-10-1)16(8-2-11-5-14-8)9-3-12-6-15-9/h1-6H,(H,10,13)(H,11,14)(H,12,15). The van der Waals surface area contributed by atoms with Gasteiger partial charge in [0.15, 0.2) is 0 Å². The lowest BCUT2D eigenvalue weighted by Crippen LogP contribution is -2.22. The monoisotopic (exact) mass is 232 g/mol. The van der Waals surface area contributed by atoms with Gasteiger partial charge in [0.05, 0.1) is 53.9 Å². The van der Waals surface area contributed by atoms with Gasteiger partial charge < -0.3 is 15.0 Å². The van der Waals surface area contributed by atoms with Crippen molar-refractivity contribution in [3.05, 3.63) is 37.6 Å². The Morgan fingerprint density at radius 1 is 0.688 bits per heavy atom. The maximum Gasteiger partial charge on any atom is 0.0924 e. The van der Waals surface area contributed by atoms with Crippen molar-refractivity contribution in [1.82, 2.24) is 29.9 Å². The van der Waals surface area contributed by atoms with Crippen molar-refractivity contribution in [3.8, 4) is 0 Å². The summed E-state index contributed by atoms with van der Waals surface area (Å²) in [6.07, 6.45) is 10.5. The molecule has 0 atom stereocenters. The van der Waals surface area contributed by atoms with Gasteiger partial charge in [-0.15, -0.1) is 0 Å². The first-order valence-electron chi connectivity index (χ1n) is 4.70. The van der Waals surface area contributed by atoms with Crippen LogP contribution < -0.4 is 16.3 Å². The highest BCUT2D eigenvalue weighted by Crippen LogP contribution is 2.28. The van der Waals surface area contributed by atoms with Crippen molar-refractivity contribution in [3.63, 3.8) is 0 Å². The Labute approximate surface area is 92.3 Å². The highest BCUT2D eigenvalue weighted by atomic mass is 31.1. The summed E-state index contributed by atoms with van der Waals surface area (Å²) < 4.78 is 0. The summed E-state index contributed by atoms with van der Waals surface area (Å²) in [7, 11) is -0.689. The van der Waals surface area contributed by atoms with Gasteiger partial charge in [-0.25, -0.2) is 15.0 Å². The summed E-state index contributed by atoms with van der Waals surface area (Å²) in [6.45, 7) is 0. The molecule has 0 bridgehead atoms. The number of hydrogen-bond acceptors (Lipinski definition) is 3. The van der Waals surface area contributed by atoms with Crippen LogP contribution in [0.3, 0.4) is 0 Å². The summed E-state index contributed by atoms with van der Waals surface area (Å²) >= 11 is 0. The molecule has 0 aromatic carbocycles. The summed E-state index contributed by atoms with van der Waals surface area (Å²) in [4.78, 5) is 21.6. The second kappa shape index (κ2) is 3.90. The minimum atomic E-state index is -0.689. The average Bonchev–Trinajstić information content (AvgIpc) is 3.02. The van der Waals surface area contributed by atoms with Gasteiger partial charge in [-0.3, -0.25) is 0 Å². The van der Waals surface area contributed by atoms with Crippen LogP contribution in [0.1, 0.15) is 0 Å². The van der Waals surface area contributed by atoms with Crippen molar-refractivity contribution in [2.45, 2.75) is 0 Å². The zero-order chi connectivity index (χ0) is 10.8. The van der Waals surface area contributed by atoms with Crippen LogP contribution >= 0.6 is 7.92 Å². The largest absolute Gasteiger partial charge is 0.344 e. The van der Waals surface area contributed by atoms with Gasteiger partial charge in [0.1, 0.15) is 0 Å². The lowest BCUT2D eigenvalue weighted by atomic mass is 10.9. The molecule has 0 spiro atoms. The summed E-state index contributed by atoms with van der Waals surface area (Å²) in [5, 5.41) is 0. The molecule has 0 radical (unpaired) electrons. The Morgan fingerprint density at radius 2 is 1.06 bits per heavy atom. The van der Waals surface area contributed by atoms with Crippen molar-refractivity contribution < 1.29 is 0 Å². The molecule has 3 aromatic heterocycles. The van der Waals surface area contributed by atoms with Crippen LogP contribution in [-0.2, 0) is 0 Å². The fourth-order valence-electron chi connectivity index (χ4n) is 1.50. The fraction of sp³-hybridized carbons (Fsp3) is 0. The molecule has 3 N–H and O–H groups in total. The summed E-state index contributed by atoms with van der Waals surface area (Å²) in [5.74, 6) is 0. The maximum absolute atomic E-state index is 4.05. The van der Waals surface area contributed by atoms with E-state index in [2.05, 4.69) is 29.9 Å². The van der Waals surface area contributed by atoms with Crippen LogP contribution in [-0.4, -0.2) is 29.9 Å². The molecule has 0 unspecified atom stereocenters. The van der Waals surface area contributed by atoms with Crippen molar-refractivity contribution >= 4 is 24.2 Å². The van der Waals surface area contributed by atoms with E-state index >= 15 is 0 Å². The first kappa shape index (κ1) is 9.30. The van der Waals surface area contributed by atoms with Crippen LogP contribution in [0, 0.1) is 0 Å². The molecule has 0 aliphatic rings. The number of aromatic amines is 3. The lowest BCUT2D eigenvalue weighted by molar-refractivity contribution is 1.32. The predicted molar refractivity (Wildman–Crippen MR) is 61.6 cm³/mol. The van der Waals surface area contributed by atoms with Gasteiger partial charge in [-0.2, -0.15) is 0 Å². The second-order valence-electron chi connectivity index (χ2n) is 3.15. The number of hydrogen-bond donors (Lipinski definition) is 3. The van der Waals surface area contributed by atoms with Crippen LogP contribution in [0.2, 0.25) is 0 Å². The average molecular weight is 232 g/mol. The van der Waals surface area contributed by atoms with Gasteiger partial charge >= 0.3 is 0 Å². The second-order valence-corrected chi connectivity index (χ2v) is 5.26. The van der Waals surface area contributed by atoms with Gasteiger partial charge in [0, 0.05) is 7.92 Å². The molecule has 0 fully saturated rings. The zero-order valence-electron chi connectivity index (χ0n) is 8.25. The highest BCUT2D eigenvalue weighted by Gasteiger charge is 2.20. The third-order valence-corrected chi connectivity index (χ3v) is 4.35. The Kier molecular flexibility index (Phi) is 2.27. The molecular weight excluding hydrogens is 223 g/mol. The summed E-state index contributed by atoms with van der Waals surface area (Å²) in [6, 6.07) is 0. The van der Waals surface area contributed by atoms with Crippen LogP contribution in [0.5, 0.6) is 0 Å². The molecule has 0 saturated carbocycles. The van der Waals surface area contributed by atoms with E-state index in [1.165, 1.54) is 0 Å². The van der Waals surface area contributed by atoms with E-state index in [1.807, 2.05) is 18.6 Å². The molecule has 80 valence electrons. The normalized spacial score (nSPS) is 11.1. The van der Waals surface area contributed by atoms with E-state index in [4.69, 9.17) is 0 Å². The molecule has 0 saturated heterocycles. The van der Waals surface area contributed by atoms with Crippen molar-refractivity contribution in [1.29, 1.82) is 0 Å². The number of nitrogens with zero attached hydrogens (tertiary/aromatic N) is 3. The summed E-state index contributed by atoms with van der Waals surface area (Å²) in [5.41, 5.74) is 3.18. The molecule has 6 nitrogen and oxygen atoms in total. The first-order valence-corrected chi connectivity index (χ1v) is 6.04. The van der Waals surface area contributed by atoms with E-state index in [0.717, 1.165) is 16.3 Å². The Hall–Kier alpha value is -1.94. The number of rotatable bonds is 3. The molecule has 3 rings (SSSR count). The molecule has 3 aromatic rings. The SMILES string of the molecule is c1ncc(P(c2cnc[nH]2)c2cnc[nH]2)[nH]1. The Balaban J connectivity index is 2.09. The number of aromatic nitrogens is 6. The molecular formula is C9H9N6P. The molecule has 0 aliphatic heterocycles. The van der Waals surface area contributed by atoms with Gasteiger partial charge in [0.25, 0.3) is 0 Å². The molecule has 7 heteroatoms. The Morgan fingerprint density at radius 3 is 1.31 bits per heavy atom. The minimum absolute atomic E-state index is 0.689. The lowest BCUT2D eigenvalue weighted by Gasteiger charge is -2.10. The van der Waals surface area contributed by atoms with Gasteiger partial charge in [0.2, 0.25) is 0 Å². The maximum atomic E-state index is 4.05. The fourth-order valence-corrected chi connectivity index (χ4v) is 3.39. The number of nitrogens with one attached hydrogen (secondary N) is 3. The van der Waals surface area contributed by atoms with E-state index in [-0.39, 0.29) is 0 Å². The van der Waals surface area contributed by atoms with E-state index in [0.29, 0.717) is 0 Å². The molecule has 0 amide bonds. The quantitative estimate of drug-likeness (QED) is 0.538. The molecule has 0 aliphatic carbocycles. The number of H-pyrrole nitrogens is 3. The van der Waals surface area contributed by atoms with E-state index < -0.39 is 7.92 Å². The van der Waals surface area contributed by atoms with E-state index in [9.17, 15) is 0 Å². The Bertz CT molecular complexity index is 445. The molecule has 16 heavy (non-hydrogen) atoms.